The lowest BCUT2D eigenvalue weighted by Crippen LogP contribution is -2.09. The van der Waals surface area contributed by atoms with Gasteiger partial charge in [0.15, 0.2) is 6.29 Å². The minimum atomic E-state index is 0.259. The standard InChI is InChI=1S/C9H10N4O/c10-4-6-3-8(6)13-9-11-2-1-7(5-14)12-9/h1-2,4-6,8,10H,3H2,(H,11,12,13). The molecule has 1 aliphatic rings. The van der Waals surface area contributed by atoms with E-state index in [-0.39, 0.29) is 6.04 Å². The molecule has 2 N–H and O–H groups in total. The molecule has 1 aromatic heterocycles. The van der Waals surface area contributed by atoms with Gasteiger partial charge >= 0.3 is 0 Å². The molecule has 1 fully saturated rings. The van der Waals surface area contributed by atoms with Gasteiger partial charge in [0, 0.05) is 24.4 Å². The van der Waals surface area contributed by atoms with Crippen LogP contribution in [0.3, 0.4) is 0 Å². The van der Waals surface area contributed by atoms with Crippen molar-refractivity contribution in [1.29, 1.82) is 5.41 Å². The van der Waals surface area contributed by atoms with Gasteiger partial charge in [-0.2, -0.15) is 0 Å². The Morgan fingerprint density at radius 3 is 3.14 bits per heavy atom. The van der Waals surface area contributed by atoms with Gasteiger partial charge < -0.3 is 10.7 Å². The van der Waals surface area contributed by atoms with Gasteiger partial charge in [0.05, 0.1) is 0 Å². The fourth-order valence-electron chi connectivity index (χ4n) is 1.24. The average Bonchev–Trinajstić information content (AvgIpc) is 2.97. The van der Waals surface area contributed by atoms with E-state index < -0.39 is 0 Å². The first-order chi connectivity index (χ1) is 6.83. The predicted octanol–water partition coefficient (Wildman–Crippen LogP) is 0.739. The Kier molecular flexibility index (Phi) is 2.22. The first-order valence-electron chi connectivity index (χ1n) is 4.39. The van der Waals surface area contributed by atoms with Crippen molar-refractivity contribution >= 4 is 18.4 Å². The highest BCUT2D eigenvalue weighted by Crippen LogP contribution is 2.30. The predicted molar refractivity (Wildman–Crippen MR) is 51.7 cm³/mol. The molecular weight excluding hydrogens is 180 g/mol. The minimum absolute atomic E-state index is 0.259. The van der Waals surface area contributed by atoms with Gasteiger partial charge in [-0.25, -0.2) is 9.97 Å². The molecule has 1 aromatic rings. The van der Waals surface area contributed by atoms with Gasteiger partial charge in [-0.05, 0) is 12.5 Å². The number of nitrogens with one attached hydrogen (secondary N) is 2. The average molecular weight is 190 g/mol. The molecule has 0 radical (unpaired) electrons. The number of carbonyl (C=O) groups excluding carboxylic acids is 1. The number of nitrogens with zero attached hydrogens (tertiary/aromatic N) is 2. The number of rotatable bonds is 4. The molecule has 0 aliphatic heterocycles. The molecule has 14 heavy (non-hydrogen) atoms. The normalized spacial score (nSPS) is 24.0. The maximum atomic E-state index is 10.4. The summed E-state index contributed by atoms with van der Waals surface area (Å²) in [5.41, 5.74) is 0.370. The Morgan fingerprint density at radius 1 is 1.64 bits per heavy atom. The maximum Gasteiger partial charge on any atom is 0.223 e. The Balaban J connectivity index is 2.02. The van der Waals surface area contributed by atoms with Gasteiger partial charge in [0.25, 0.3) is 0 Å². The van der Waals surface area contributed by atoms with E-state index in [1.54, 1.807) is 12.3 Å². The molecule has 0 spiro atoms. The van der Waals surface area contributed by atoms with Gasteiger partial charge in [0.2, 0.25) is 5.95 Å². The van der Waals surface area contributed by atoms with E-state index >= 15 is 0 Å². The number of anilines is 1. The largest absolute Gasteiger partial charge is 0.351 e. The van der Waals surface area contributed by atoms with Crippen LogP contribution in [-0.4, -0.2) is 28.5 Å². The van der Waals surface area contributed by atoms with Gasteiger partial charge in [-0.1, -0.05) is 0 Å². The van der Waals surface area contributed by atoms with E-state index in [1.165, 1.54) is 6.21 Å². The van der Waals surface area contributed by atoms with Crippen molar-refractivity contribution < 1.29 is 4.79 Å². The molecule has 72 valence electrons. The van der Waals surface area contributed by atoms with Crippen molar-refractivity contribution in [2.24, 2.45) is 5.92 Å². The third kappa shape index (κ3) is 1.76. The van der Waals surface area contributed by atoms with Crippen molar-refractivity contribution in [3.8, 4) is 0 Å². The second-order valence-electron chi connectivity index (χ2n) is 3.24. The first kappa shape index (κ1) is 8.80. The molecular formula is C9H10N4O. The van der Waals surface area contributed by atoms with E-state index in [0.717, 1.165) is 6.42 Å². The topological polar surface area (TPSA) is 78.7 Å². The zero-order chi connectivity index (χ0) is 9.97. The van der Waals surface area contributed by atoms with Crippen molar-refractivity contribution in [3.05, 3.63) is 18.0 Å². The van der Waals surface area contributed by atoms with Gasteiger partial charge in [0.1, 0.15) is 5.69 Å². The monoisotopic (exact) mass is 190 g/mol. The summed E-state index contributed by atoms with van der Waals surface area (Å²) >= 11 is 0. The lowest BCUT2D eigenvalue weighted by molar-refractivity contribution is 0.111. The smallest absolute Gasteiger partial charge is 0.223 e. The highest BCUT2D eigenvalue weighted by molar-refractivity contribution is 5.72. The summed E-state index contributed by atoms with van der Waals surface area (Å²) < 4.78 is 0. The summed E-state index contributed by atoms with van der Waals surface area (Å²) in [5, 5.41) is 10.1. The third-order valence-electron chi connectivity index (χ3n) is 2.17. The lowest BCUT2D eigenvalue weighted by Gasteiger charge is -2.01. The van der Waals surface area contributed by atoms with E-state index in [2.05, 4.69) is 15.3 Å². The summed E-state index contributed by atoms with van der Waals surface area (Å²) in [5.74, 6) is 0.752. The van der Waals surface area contributed by atoms with Crippen molar-refractivity contribution in [2.75, 3.05) is 5.32 Å². The highest BCUT2D eigenvalue weighted by atomic mass is 16.1. The van der Waals surface area contributed by atoms with Gasteiger partial charge in [-0.15, -0.1) is 0 Å². The molecule has 5 heteroatoms. The molecule has 2 rings (SSSR count). The Hall–Kier alpha value is -1.78. The first-order valence-corrected chi connectivity index (χ1v) is 4.39. The van der Waals surface area contributed by atoms with Crippen LogP contribution in [0.2, 0.25) is 0 Å². The van der Waals surface area contributed by atoms with Crippen LogP contribution in [0.25, 0.3) is 0 Å². The molecule has 1 aliphatic carbocycles. The number of hydrogen-bond acceptors (Lipinski definition) is 5. The van der Waals surface area contributed by atoms with Crippen LogP contribution in [-0.2, 0) is 0 Å². The maximum absolute atomic E-state index is 10.4. The quantitative estimate of drug-likeness (QED) is 0.542. The van der Waals surface area contributed by atoms with Crippen LogP contribution in [0, 0.1) is 11.3 Å². The second kappa shape index (κ2) is 3.53. The van der Waals surface area contributed by atoms with Gasteiger partial charge in [-0.3, -0.25) is 4.79 Å². The Bertz CT molecular complexity index is 366. The fraction of sp³-hybridized carbons (Fsp3) is 0.333. The van der Waals surface area contributed by atoms with E-state index in [9.17, 15) is 4.79 Å². The van der Waals surface area contributed by atoms with Crippen LogP contribution >= 0.6 is 0 Å². The van der Waals surface area contributed by atoms with Crippen molar-refractivity contribution in [3.63, 3.8) is 0 Å². The van der Waals surface area contributed by atoms with Crippen LogP contribution in [0.5, 0.6) is 0 Å². The number of carbonyl (C=O) groups is 1. The molecule has 0 aromatic carbocycles. The van der Waals surface area contributed by atoms with Crippen LogP contribution in [0.15, 0.2) is 12.3 Å². The summed E-state index contributed by atoms with van der Waals surface area (Å²) in [4.78, 5) is 18.4. The van der Waals surface area contributed by atoms with E-state index in [4.69, 9.17) is 5.41 Å². The van der Waals surface area contributed by atoms with Crippen LogP contribution in [0.1, 0.15) is 16.9 Å². The molecule has 5 nitrogen and oxygen atoms in total. The lowest BCUT2D eigenvalue weighted by atomic mass is 10.4. The van der Waals surface area contributed by atoms with E-state index in [0.29, 0.717) is 23.8 Å². The molecule has 2 unspecified atom stereocenters. The Morgan fingerprint density at radius 2 is 2.50 bits per heavy atom. The van der Waals surface area contributed by atoms with Crippen molar-refractivity contribution in [1.82, 2.24) is 9.97 Å². The van der Waals surface area contributed by atoms with E-state index in [1.807, 2.05) is 0 Å². The molecule has 2 atom stereocenters. The zero-order valence-corrected chi connectivity index (χ0v) is 7.47. The second-order valence-corrected chi connectivity index (χ2v) is 3.24. The molecule has 0 amide bonds. The molecule has 0 bridgehead atoms. The zero-order valence-electron chi connectivity index (χ0n) is 7.47. The molecule has 0 saturated heterocycles. The fourth-order valence-corrected chi connectivity index (χ4v) is 1.24. The summed E-state index contributed by atoms with van der Waals surface area (Å²) in [6.45, 7) is 0. The summed E-state index contributed by atoms with van der Waals surface area (Å²) in [6, 6.07) is 1.81. The molecule has 1 heterocycles. The highest BCUT2D eigenvalue weighted by Gasteiger charge is 2.35. The number of aromatic nitrogens is 2. The summed E-state index contributed by atoms with van der Waals surface area (Å²) in [6.07, 6.45) is 4.59. The van der Waals surface area contributed by atoms with Crippen LogP contribution in [0.4, 0.5) is 5.95 Å². The third-order valence-corrected chi connectivity index (χ3v) is 2.17. The van der Waals surface area contributed by atoms with Crippen LogP contribution < -0.4 is 5.32 Å². The molecule has 1 saturated carbocycles. The number of aldehydes is 1. The SMILES string of the molecule is N=CC1CC1Nc1nccc(C=O)n1. The summed E-state index contributed by atoms with van der Waals surface area (Å²) in [7, 11) is 0. The van der Waals surface area contributed by atoms with Crippen molar-refractivity contribution in [2.45, 2.75) is 12.5 Å². The minimum Gasteiger partial charge on any atom is -0.351 e. The Labute approximate surface area is 81.1 Å². The number of hydrogen-bond donors (Lipinski definition) is 2.